The Hall–Kier alpha value is -2.96. The molecule has 1 saturated heterocycles. The zero-order valence-corrected chi connectivity index (χ0v) is 14.2. The topological polar surface area (TPSA) is 58.6 Å². The van der Waals surface area contributed by atoms with Crippen LogP contribution in [0.2, 0.25) is 0 Å². The molecule has 0 spiro atoms. The van der Waals surface area contributed by atoms with Gasteiger partial charge in [-0.3, -0.25) is 9.59 Å². The van der Waals surface area contributed by atoms with Crippen LogP contribution in [-0.2, 0) is 16.2 Å². The maximum absolute atomic E-state index is 13.6. The van der Waals surface area contributed by atoms with Gasteiger partial charge >= 0.3 is 0 Å². The summed E-state index contributed by atoms with van der Waals surface area (Å²) in [5.74, 6) is -1.29. The highest BCUT2D eigenvalue weighted by atomic mass is 19.1. The Morgan fingerprint density at radius 3 is 2.46 bits per heavy atom. The van der Waals surface area contributed by atoms with Crippen molar-refractivity contribution in [2.45, 2.75) is 26.0 Å². The third-order valence-electron chi connectivity index (χ3n) is 4.18. The molecule has 1 aliphatic rings. The van der Waals surface area contributed by atoms with E-state index >= 15 is 0 Å². The number of carbonyl (C=O) groups is 2. The Kier molecular flexibility index (Phi) is 5.16. The van der Waals surface area contributed by atoms with Gasteiger partial charge in [0.25, 0.3) is 0 Å². The number of anilines is 1. The minimum atomic E-state index is -0.659. The molecule has 1 aliphatic heterocycles. The molecular weight excluding hydrogens is 342 g/mol. The van der Waals surface area contributed by atoms with Gasteiger partial charge in [0.05, 0.1) is 5.56 Å². The number of rotatable bonds is 5. The van der Waals surface area contributed by atoms with Crippen LogP contribution >= 0.6 is 0 Å². The molecule has 7 heteroatoms. The van der Waals surface area contributed by atoms with Crippen molar-refractivity contribution in [2.24, 2.45) is 0 Å². The van der Waals surface area contributed by atoms with Gasteiger partial charge in [-0.2, -0.15) is 0 Å². The third kappa shape index (κ3) is 3.82. The van der Waals surface area contributed by atoms with Crippen LogP contribution in [0, 0.1) is 11.6 Å². The van der Waals surface area contributed by atoms with E-state index in [1.807, 2.05) is 0 Å². The van der Waals surface area contributed by atoms with Gasteiger partial charge in [-0.1, -0.05) is 6.07 Å². The maximum atomic E-state index is 13.6. The van der Waals surface area contributed by atoms with Crippen molar-refractivity contribution in [1.29, 1.82) is 0 Å². The summed E-state index contributed by atoms with van der Waals surface area (Å²) in [6.07, 6.45) is 0.545. The van der Waals surface area contributed by atoms with Crippen LogP contribution in [0.15, 0.2) is 42.5 Å². The first kappa shape index (κ1) is 17.8. The number of amides is 2. The molecule has 1 unspecified atom stereocenters. The minimum absolute atomic E-state index is 0.135. The van der Waals surface area contributed by atoms with Crippen molar-refractivity contribution in [3.8, 4) is 5.75 Å². The molecule has 0 aromatic heterocycles. The van der Waals surface area contributed by atoms with Gasteiger partial charge in [0.2, 0.25) is 11.8 Å². The SMILES string of the molecule is CC(=O)NC1CCN(c2ccc(OCc3c(F)cccc3F)cc2)C1=O. The van der Waals surface area contributed by atoms with Crippen molar-refractivity contribution in [1.82, 2.24) is 5.32 Å². The monoisotopic (exact) mass is 360 g/mol. The number of carbonyl (C=O) groups excluding carboxylic acids is 2. The second kappa shape index (κ2) is 7.51. The Balaban J connectivity index is 1.64. The smallest absolute Gasteiger partial charge is 0.249 e. The summed E-state index contributed by atoms with van der Waals surface area (Å²) in [7, 11) is 0. The highest BCUT2D eigenvalue weighted by Gasteiger charge is 2.32. The molecule has 0 saturated carbocycles. The Bertz CT molecular complexity index is 804. The molecule has 2 amide bonds. The summed E-state index contributed by atoms with van der Waals surface area (Å²) in [5.41, 5.74) is 0.539. The number of benzene rings is 2. The number of nitrogens with zero attached hydrogens (tertiary/aromatic N) is 1. The first-order valence-corrected chi connectivity index (χ1v) is 8.20. The predicted molar refractivity (Wildman–Crippen MR) is 91.7 cm³/mol. The van der Waals surface area contributed by atoms with Gasteiger partial charge in [-0.05, 0) is 42.8 Å². The molecule has 3 rings (SSSR count). The van der Waals surface area contributed by atoms with E-state index in [2.05, 4.69) is 5.32 Å². The second-order valence-electron chi connectivity index (χ2n) is 6.01. The molecule has 136 valence electrons. The highest BCUT2D eigenvalue weighted by molar-refractivity contribution is 6.01. The lowest BCUT2D eigenvalue weighted by molar-refractivity contribution is -0.125. The summed E-state index contributed by atoms with van der Waals surface area (Å²) < 4.78 is 32.6. The summed E-state index contributed by atoms with van der Waals surface area (Å²) in [5, 5.41) is 2.63. The lowest BCUT2D eigenvalue weighted by Gasteiger charge is -2.17. The van der Waals surface area contributed by atoms with E-state index in [4.69, 9.17) is 4.74 Å². The first-order chi connectivity index (χ1) is 12.5. The van der Waals surface area contributed by atoms with Crippen LogP contribution in [0.4, 0.5) is 14.5 Å². The van der Waals surface area contributed by atoms with E-state index in [0.29, 0.717) is 24.4 Å². The molecule has 2 aromatic rings. The van der Waals surface area contributed by atoms with Crippen LogP contribution in [-0.4, -0.2) is 24.4 Å². The molecule has 1 N–H and O–H groups in total. The van der Waals surface area contributed by atoms with E-state index in [-0.39, 0.29) is 24.0 Å². The fraction of sp³-hybridized carbons (Fsp3) is 0.263. The van der Waals surface area contributed by atoms with Gasteiger partial charge < -0.3 is 15.0 Å². The summed E-state index contributed by atoms with van der Waals surface area (Å²) in [6.45, 7) is 1.65. The van der Waals surface area contributed by atoms with Gasteiger partial charge in [0.1, 0.15) is 30.0 Å². The lowest BCUT2D eigenvalue weighted by atomic mass is 10.2. The zero-order valence-electron chi connectivity index (χ0n) is 14.2. The van der Waals surface area contributed by atoms with Crippen molar-refractivity contribution >= 4 is 17.5 Å². The van der Waals surface area contributed by atoms with Crippen molar-refractivity contribution in [2.75, 3.05) is 11.4 Å². The third-order valence-corrected chi connectivity index (χ3v) is 4.18. The summed E-state index contributed by atoms with van der Waals surface area (Å²) in [6, 6.07) is 9.80. The molecule has 5 nitrogen and oxygen atoms in total. The van der Waals surface area contributed by atoms with Crippen molar-refractivity contribution in [3.05, 3.63) is 59.7 Å². The standard InChI is InChI=1S/C19H18F2N2O3/c1-12(24)22-18-9-10-23(19(18)25)13-5-7-14(8-6-13)26-11-15-16(20)3-2-4-17(15)21/h2-8,18H,9-11H2,1H3,(H,22,24). The van der Waals surface area contributed by atoms with Gasteiger partial charge in [-0.15, -0.1) is 0 Å². The molecule has 26 heavy (non-hydrogen) atoms. The molecule has 0 aliphatic carbocycles. The second-order valence-corrected chi connectivity index (χ2v) is 6.01. The summed E-state index contributed by atoms with van der Waals surface area (Å²) in [4.78, 5) is 25.0. The maximum Gasteiger partial charge on any atom is 0.249 e. The van der Waals surface area contributed by atoms with Crippen molar-refractivity contribution < 1.29 is 23.1 Å². The molecular formula is C19H18F2N2O3. The average molecular weight is 360 g/mol. The van der Waals surface area contributed by atoms with Gasteiger partial charge in [0, 0.05) is 19.2 Å². The van der Waals surface area contributed by atoms with Crippen molar-refractivity contribution in [3.63, 3.8) is 0 Å². The van der Waals surface area contributed by atoms with E-state index in [9.17, 15) is 18.4 Å². The average Bonchev–Trinajstić information content (AvgIpc) is 2.95. The van der Waals surface area contributed by atoms with E-state index in [1.165, 1.54) is 25.1 Å². The summed E-state index contributed by atoms with van der Waals surface area (Å²) >= 11 is 0. The Morgan fingerprint density at radius 1 is 1.19 bits per heavy atom. The van der Waals surface area contributed by atoms with E-state index in [0.717, 1.165) is 0 Å². The van der Waals surface area contributed by atoms with Gasteiger partial charge in [0.15, 0.2) is 0 Å². The fourth-order valence-corrected chi connectivity index (χ4v) is 2.86. The fourth-order valence-electron chi connectivity index (χ4n) is 2.86. The number of hydrogen-bond donors (Lipinski definition) is 1. The Labute approximate surface area is 149 Å². The van der Waals surface area contributed by atoms with Crippen LogP contribution in [0.5, 0.6) is 5.75 Å². The lowest BCUT2D eigenvalue weighted by Crippen LogP contribution is -2.40. The highest BCUT2D eigenvalue weighted by Crippen LogP contribution is 2.25. The Morgan fingerprint density at radius 2 is 1.85 bits per heavy atom. The largest absolute Gasteiger partial charge is 0.489 e. The number of nitrogens with one attached hydrogen (secondary N) is 1. The van der Waals surface area contributed by atoms with Crippen LogP contribution in [0.1, 0.15) is 18.9 Å². The van der Waals surface area contributed by atoms with Crippen LogP contribution in [0.3, 0.4) is 0 Å². The predicted octanol–water partition coefficient (Wildman–Crippen LogP) is 2.79. The first-order valence-electron chi connectivity index (χ1n) is 8.20. The number of halogens is 2. The molecule has 2 aromatic carbocycles. The van der Waals surface area contributed by atoms with Crippen LogP contribution < -0.4 is 15.0 Å². The molecule has 1 atom stereocenters. The van der Waals surface area contributed by atoms with Crippen LogP contribution in [0.25, 0.3) is 0 Å². The minimum Gasteiger partial charge on any atom is -0.489 e. The number of hydrogen-bond acceptors (Lipinski definition) is 3. The van der Waals surface area contributed by atoms with E-state index in [1.54, 1.807) is 29.2 Å². The zero-order chi connectivity index (χ0) is 18.7. The quantitative estimate of drug-likeness (QED) is 0.892. The molecule has 0 bridgehead atoms. The normalized spacial score (nSPS) is 16.7. The number of ether oxygens (including phenoxy) is 1. The van der Waals surface area contributed by atoms with E-state index < -0.39 is 17.7 Å². The molecule has 0 radical (unpaired) electrons. The van der Waals surface area contributed by atoms with Gasteiger partial charge in [-0.25, -0.2) is 8.78 Å². The molecule has 1 fully saturated rings. The molecule has 1 heterocycles.